The highest BCUT2D eigenvalue weighted by molar-refractivity contribution is 5.73. The molecule has 4 heteroatoms. The maximum atomic E-state index is 10.6. The molecule has 1 rings (SSSR count). The van der Waals surface area contributed by atoms with Gasteiger partial charge in [0.15, 0.2) is 0 Å². The Hall–Kier alpha value is -1.29. The molecule has 1 unspecified atom stereocenters. The minimum atomic E-state index is -0.982. The van der Waals surface area contributed by atoms with Gasteiger partial charge in [-0.05, 0) is 18.6 Å². The summed E-state index contributed by atoms with van der Waals surface area (Å²) in [6, 6.07) is 2.76. The summed E-state index contributed by atoms with van der Waals surface area (Å²) in [6.07, 6.45) is 1.93. The Labute approximate surface area is 82.7 Å². The van der Waals surface area contributed by atoms with E-state index >= 15 is 0 Å². The van der Waals surface area contributed by atoms with E-state index < -0.39 is 12.0 Å². The molecule has 0 spiro atoms. The van der Waals surface area contributed by atoms with Crippen LogP contribution in [0.5, 0.6) is 0 Å². The zero-order chi connectivity index (χ0) is 10.8. The maximum absolute atomic E-state index is 10.6. The van der Waals surface area contributed by atoms with Gasteiger partial charge in [0.2, 0.25) is 0 Å². The fraction of sp³-hybridized carbons (Fsp3) is 0.500. The number of rotatable bonds is 4. The predicted molar refractivity (Wildman–Crippen MR) is 52.0 cm³/mol. The Morgan fingerprint density at radius 2 is 2.36 bits per heavy atom. The van der Waals surface area contributed by atoms with Gasteiger partial charge in [0.05, 0.1) is 6.26 Å². The first kappa shape index (κ1) is 10.8. The second kappa shape index (κ2) is 3.84. The van der Waals surface area contributed by atoms with Crippen LogP contribution >= 0.6 is 0 Å². The summed E-state index contributed by atoms with van der Waals surface area (Å²) in [7, 11) is 0. The summed E-state index contributed by atoms with van der Waals surface area (Å²) in [5, 5.41) is 8.69. The summed E-state index contributed by atoms with van der Waals surface area (Å²) in [4.78, 5) is 10.6. The summed E-state index contributed by atoms with van der Waals surface area (Å²) >= 11 is 0. The molecule has 0 radical (unpaired) electrons. The van der Waals surface area contributed by atoms with Gasteiger partial charge in [0.25, 0.3) is 0 Å². The van der Waals surface area contributed by atoms with Crippen molar-refractivity contribution in [2.75, 3.05) is 0 Å². The Morgan fingerprint density at radius 3 is 2.79 bits per heavy atom. The van der Waals surface area contributed by atoms with Crippen molar-refractivity contribution in [3.8, 4) is 0 Å². The molecule has 0 saturated carbocycles. The highest BCUT2D eigenvalue weighted by atomic mass is 16.4. The SMILES string of the molecule is CC(C)(CC(N)C(=O)O)c1ccco1. The van der Waals surface area contributed by atoms with Crippen molar-refractivity contribution in [3.05, 3.63) is 24.2 Å². The van der Waals surface area contributed by atoms with E-state index in [1.807, 2.05) is 19.9 Å². The molecule has 1 aromatic heterocycles. The van der Waals surface area contributed by atoms with Crippen LogP contribution < -0.4 is 5.73 Å². The lowest BCUT2D eigenvalue weighted by molar-refractivity contribution is -0.139. The van der Waals surface area contributed by atoms with Crippen LogP contribution in [0.25, 0.3) is 0 Å². The zero-order valence-electron chi connectivity index (χ0n) is 8.36. The van der Waals surface area contributed by atoms with E-state index in [9.17, 15) is 4.79 Å². The smallest absolute Gasteiger partial charge is 0.320 e. The van der Waals surface area contributed by atoms with E-state index in [2.05, 4.69) is 0 Å². The Bertz CT molecular complexity index is 303. The monoisotopic (exact) mass is 197 g/mol. The minimum absolute atomic E-state index is 0.346. The molecule has 0 bridgehead atoms. The fourth-order valence-electron chi connectivity index (χ4n) is 1.40. The Balaban J connectivity index is 2.72. The first-order valence-corrected chi connectivity index (χ1v) is 4.46. The number of aliphatic carboxylic acids is 1. The molecule has 3 N–H and O–H groups in total. The summed E-state index contributed by atoms with van der Waals surface area (Å²) < 4.78 is 5.23. The molecule has 0 aliphatic carbocycles. The lowest BCUT2D eigenvalue weighted by Crippen LogP contribution is -2.36. The quantitative estimate of drug-likeness (QED) is 0.764. The van der Waals surface area contributed by atoms with Gasteiger partial charge in [-0.3, -0.25) is 4.79 Å². The van der Waals surface area contributed by atoms with Gasteiger partial charge in [0.1, 0.15) is 11.8 Å². The van der Waals surface area contributed by atoms with Crippen LogP contribution in [0.3, 0.4) is 0 Å². The van der Waals surface area contributed by atoms with Crippen molar-refractivity contribution in [1.29, 1.82) is 0 Å². The predicted octanol–water partition coefficient (Wildman–Crippen LogP) is 1.36. The van der Waals surface area contributed by atoms with E-state index in [0.29, 0.717) is 6.42 Å². The van der Waals surface area contributed by atoms with Crippen LogP contribution in [0, 0.1) is 0 Å². The molecule has 0 aliphatic heterocycles. The molecule has 14 heavy (non-hydrogen) atoms. The van der Waals surface area contributed by atoms with Gasteiger partial charge >= 0.3 is 5.97 Å². The van der Waals surface area contributed by atoms with Crippen LogP contribution in [0.15, 0.2) is 22.8 Å². The second-order valence-electron chi connectivity index (χ2n) is 4.01. The fourth-order valence-corrected chi connectivity index (χ4v) is 1.40. The summed E-state index contributed by atoms with van der Waals surface area (Å²) in [5.41, 5.74) is 5.12. The van der Waals surface area contributed by atoms with Crippen LogP contribution in [0.1, 0.15) is 26.0 Å². The molecular weight excluding hydrogens is 182 g/mol. The maximum Gasteiger partial charge on any atom is 0.320 e. The van der Waals surface area contributed by atoms with Crippen LogP contribution in [-0.2, 0) is 10.2 Å². The number of carbonyl (C=O) groups is 1. The average molecular weight is 197 g/mol. The largest absolute Gasteiger partial charge is 0.480 e. The molecule has 0 aromatic carbocycles. The van der Waals surface area contributed by atoms with Gasteiger partial charge in [-0.15, -0.1) is 0 Å². The third-order valence-corrected chi connectivity index (χ3v) is 2.24. The Morgan fingerprint density at radius 1 is 1.71 bits per heavy atom. The molecule has 0 fully saturated rings. The number of furan rings is 1. The molecule has 78 valence electrons. The standard InChI is InChI=1S/C10H15NO3/c1-10(2,6-7(11)9(12)13)8-4-3-5-14-8/h3-5,7H,6,11H2,1-2H3,(H,12,13). The van der Waals surface area contributed by atoms with Gasteiger partial charge in [-0.1, -0.05) is 13.8 Å². The number of hydrogen-bond donors (Lipinski definition) is 2. The molecule has 1 aromatic rings. The highest BCUT2D eigenvalue weighted by Gasteiger charge is 2.28. The molecule has 0 aliphatic rings. The van der Waals surface area contributed by atoms with Crippen molar-refractivity contribution in [1.82, 2.24) is 0 Å². The van der Waals surface area contributed by atoms with Crippen LogP contribution in [0.4, 0.5) is 0 Å². The second-order valence-corrected chi connectivity index (χ2v) is 4.01. The van der Waals surface area contributed by atoms with Crippen molar-refractivity contribution < 1.29 is 14.3 Å². The van der Waals surface area contributed by atoms with E-state index in [-0.39, 0.29) is 5.41 Å². The number of carboxylic acids is 1. The Kier molecular flexibility index (Phi) is 2.96. The van der Waals surface area contributed by atoms with Gasteiger partial charge in [-0.25, -0.2) is 0 Å². The van der Waals surface area contributed by atoms with E-state index in [0.717, 1.165) is 5.76 Å². The van der Waals surface area contributed by atoms with Crippen molar-refractivity contribution in [2.24, 2.45) is 5.73 Å². The van der Waals surface area contributed by atoms with Gasteiger partial charge in [0, 0.05) is 5.41 Å². The van der Waals surface area contributed by atoms with E-state index in [1.165, 1.54) is 0 Å². The molecular formula is C10H15NO3. The number of carboxylic acid groups (broad SMARTS) is 1. The lowest BCUT2D eigenvalue weighted by atomic mass is 9.83. The summed E-state index contributed by atoms with van der Waals surface area (Å²) in [6.45, 7) is 3.82. The topological polar surface area (TPSA) is 76.5 Å². The van der Waals surface area contributed by atoms with Crippen LogP contribution in [0.2, 0.25) is 0 Å². The third kappa shape index (κ3) is 2.35. The lowest BCUT2D eigenvalue weighted by Gasteiger charge is -2.23. The summed E-state index contributed by atoms with van der Waals surface area (Å²) in [5.74, 6) is -0.223. The third-order valence-electron chi connectivity index (χ3n) is 2.24. The highest BCUT2D eigenvalue weighted by Crippen LogP contribution is 2.28. The molecule has 0 amide bonds. The first-order valence-electron chi connectivity index (χ1n) is 4.46. The normalized spacial score (nSPS) is 13.9. The van der Waals surface area contributed by atoms with Crippen molar-refractivity contribution in [3.63, 3.8) is 0 Å². The van der Waals surface area contributed by atoms with Crippen molar-refractivity contribution >= 4 is 5.97 Å². The molecule has 1 atom stereocenters. The van der Waals surface area contributed by atoms with Gasteiger partial charge < -0.3 is 15.3 Å². The number of nitrogens with two attached hydrogens (primary N) is 1. The average Bonchev–Trinajstić information content (AvgIpc) is 2.54. The molecule has 0 saturated heterocycles. The van der Waals surface area contributed by atoms with E-state index in [4.69, 9.17) is 15.3 Å². The van der Waals surface area contributed by atoms with Crippen molar-refractivity contribution in [2.45, 2.75) is 31.7 Å². The molecule has 4 nitrogen and oxygen atoms in total. The van der Waals surface area contributed by atoms with E-state index in [1.54, 1.807) is 12.3 Å². The molecule has 1 heterocycles. The number of hydrogen-bond acceptors (Lipinski definition) is 3. The van der Waals surface area contributed by atoms with Crippen LogP contribution in [-0.4, -0.2) is 17.1 Å². The first-order chi connectivity index (χ1) is 6.43. The minimum Gasteiger partial charge on any atom is -0.480 e. The van der Waals surface area contributed by atoms with Gasteiger partial charge in [-0.2, -0.15) is 0 Å². The zero-order valence-corrected chi connectivity index (χ0v) is 8.36.